The van der Waals surface area contributed by atoms with E-state index in [1.807, 2.05) is 13.8 Å². The smallest absolute Gasteiger partial charge is 0.319 e. The van der Waals surface area contributed by atoms with Crippen molar-refractivity contribution in [3.63, 3.8) is 0 Å². The normalized spacial score (nSPS) is 19.4. The van der Waals surface area contributed by atoms with Crippen LogP contribution in [0.2, 0.25) is 0 Å². The Morgan fingerprint density at radius 2 is 2.14 bits per heavy atom. The van der Waals surface area contributed by atoms with Gasteiger partial charge in [-0.3, -0.25) is 14.9 Å². The lowest BCUT2D eigenvalue weighted by atomic mass is 9.87. The molecule has 0 radical (unpaired) electrons. The van der Waals surface area contributed by atoms with Crippen LogP contribution in [-0.4, -0.2) is 29.4 Å². The molecule has 118 valence electrons. The zero-order valence-electron chi connectivity index (χ0n) is 12.6. The zero-order valence-corrected chi connectivity index (χ0v) is 12.6. The highest BCUT2D eigenvalue weighted by Gasteiger charge is 2.42. The summed E-state index contributed by atoms with van der Waals surface area (Å²) in [6, 6.07) is 3.21. The number of carbonyl (C=O) groups is 2. The van der Waals surface area contributed by atoms with E-state index in [1.165, 1.54) is 12.1 Å². The molecule has 3 N–H and O–H groups in total. The molecule has 22 heavy (non-hydrogen) atoms. The van der Waals surface area contributed by atoms with Crippen LogP contribution in [0.4, 0.5) is 16.2 Å². The molecular formula is C14H18N4O4. The number of hydrogen-bond donors (Lipinski definition) is 3. The molecule has 1 aromatic carbocycles. The van der Waals surface area contributed by atoms with Crippen molar-refractivity contribution in [2.45, 2.75) is 26.8 Å². The summed E-state index contributed by atoms with van der Waals surface area (Å²) in [4.78, 5) is 34.2. The van der Waals surface area contributed by atoms with E-state index >= 15 is 0 Å². The number of nitrogens with one attached hydrogen (secondary N) is 3. The Labute approximate surface area is 127 Å². The summed E-state index contributed by atoms with van der Waals surface area (Å²) in [7, 11) is 0. The zero-order chi connectivity index (χ0) is 16.5. The quantitative estimate of drug-likeness (QED) is 0.580. The van der Waals surface area contributed by atoms with Gasteiger partial charge in [0.1, 0.15) is 6.04 Å². The highest BCUT2D eigenvalue weighted by Crippen LogP contribution is 2.26. The van der Waals surface area contributed by atoms with Gasteiger partial charge in [0.25, 0.3) is 5.69 Å². The number of nitro groups is 1. The lowest BCUT2D eigenvalue weighted by Gasteiger charge is -2.24. The van der Waals surface area contributed by atoms with E-state index < -0.39 is 22.4 Å². The number of benzene rings is 1. The predicted octanol–water partition coefficient (Wildman–Crippen LogP) is 1.55. The van der Waals surface area contributed by atoms with Gasteiger partial charge in [-0.2, -0.15) is 0 Å². The molecule has 3 amide bonds. The van der Waals surface area contributed by atoms with Gasteiger partial charge in [-0.15, -0.1) is 0 Å². The van der Waals surface area contributed by atoms with Gasteiger partial charge < -0.3 is 16.0 Å². The van der Waals surface area contributed by atoms with Crippen molar-refractivity contribution in [2.24, 2.45) is 5.41 Å². The average Bonchev–Trinajstić information content (AvgIpc) is 2.68. The maximum atomic E-state index is 12.1. The number of nitrogens with zero attached hydrogens (tertiary/aromatic N) is 1. The van der Waals surface area contributed by atoms with Crippen LogP contribution in [0, 0.1) is 22.5 Å². The minimum absolute atomic E-state index is 0.0725. The number of rotatable bonds is 3. The molecule has 1 unspecified atom stereocenters. The summed E-state index contributed by atoms with van der Waals surface area (Å²) in [5, 5.41) is 18.8. The van der Waals surface area contributed by atoms with Crippen LogP contribution in [-0.2, 0) is 4.79 Å². The van der Waals surface area contributed by atoms with Crippen molar-refractivity contribution in [1.29, 1.82) is 0 Å². The molecule has 1 saturated heterocycles. The standard InChI is InChI=1S/C14H18N4O4/c1-8-9(5-4-6-10(8)18(21)22)16-13(20)17-11-12(19)15-7-14(11,2)3/h4-6,11H,7H2,1-3H3,(H,15,19)(H2,16,17,20). The largest absolute Gasteiger partial charge is 0.354 e. The molecule has 0 bridgehead atoms. The van der Waals surface area contributed by atoms with E-state index in [0.29, 0.717) is 17.8 Å². The van der Waals surface area contributed by atoms with Crippen LogP contribution in [0.25, 0.3) is 0 Å². The Bertz CT molecular complexity index is 642. The van der Waals surface area contributed by atoms with Gasteiger partial charge in [-0.1, -0.05) is 19.9 Å². The average molecular weight is 306 g/mol. The van der Waals surface area contributed by atoms with Crippen LogP contribution in [0.3, 0.4) is 0 Å². The maximum absolute atomic E-state index is 12.1. The summed E-state index contributed by atoms with van der Waals surface area (Å²) < 4.78 is 0. The lowest BCUT2D eigenvalue weighted by molar-refractivity contribution is -0.385. The summed E-state index contributed by atoms with van der Waals surface area (Å²) in [6.45, 7) is 5.77. The van der Waals surface area contributed by atoms with Crippen molar-refractivity contribution in [3.05, 3.63) is 33.9 Å². The van der Waals surface area contributed by atoms with Gasteiger partial charge in [0, 0.05) is 18.0 Å². The second kappa shape index (κ2) is 5.63. The van der Waals surface area contributed by atoms with Crippen LogP contribution in [0.1, 0.15) is 19.4 Å². The Kier molecular flexibility index (Phi) is 4.03. The molecule has 0 aliphatic carbocycles. The molecule has 8 heteroatoms. The van der Waals surface area contributed by atoms with Gasteiger partial charge in [0.15, 0.2) is 0 Å². The third-order valence-corrected chi connectivity index (χ3v) is 3.79. The molecule has 8 nitrogen and oxygen atoms in total. The summed E-state index contributed by atoms with van der Waals surface area (Å²) in [5.41, 5.74) is 0.226. The van der Waals surface area contributed by atoms with E-state index in [2.05, 4.69) is 16.0 Å². The first-order valence-electron chi connectivity index (χ1n) is 6.81. The first-order chi connectivity index (χ1) is 10.2. The minimum Gasteiger partial charge on any atom is -0.354 e. The van der Waals surface area contributed by atoms with Gasteiger partial charge in [-0.05, 0) is 13.0 Å². The number of anilines is 1. The number of amides is 3. The van der Waals surface area contributed by atoms with Gasteiger partial charge in [0.2, 0.25) is 5.91 Å². The number of nitro benzene ring substituents is 1. The molecule has 1 atom stereocenters. The topological polar surface area (TPSA) is 113 Å². The number of hydrogen-bond acceptors (Lipinski definition) is 4. The summed E-state index contributed by atoms with van der Waals surface area (Å²) in [6.07, 6.45) is 0. The fraction of sp³-hybridized carbons (Fsp3) is 0.429. The fourth-order valence-electron chi connectivity index (χ4n) is 2.38. The summed E-state index contributed by atoms with van der Waals surface area (Å²) >= 11 is 0. The second-order valence-corrected chi connectivity index (χ2v) is 5.94. The molecule has 0 saturated carbocycles. The molecule has 1 aliphatic rings. The molecule has 1 aromatic rings. The van der Waals surface area contributed by atoms with Crippen molar-refractivity contribution in [3.8, 4) is 0 Å². The highest BCUT2D eigenvalue weighted by molar-refractivity contribution is 5.95. The Morgan fingerprint density at radius 3 is 2.68 bits per heavy atom. The minimum atomic E-state index is -0.647. The Hall–Kier alpha value is -2.64. The maximum Gasteiger partial charge on any atom is 0.319 e. The van der Waals surface area contributed by atoms with E-state index in [4.69, 9.17) is 0 Å². The first kappa shape index (κ1) is 15.7. The van der Waals surface area contributed by atoms with Crippen LogP contribution < -0.4 is 16.0 Å². The monoisotopic (exact) mass is 306 g/mol. The van der Waals surface area contributed by atoms with Crippen LogP contribution in [0.15, 0.2) is 18.2 Å². The molecule has 1 fully saturated rings. The number of carbonyl (C=O) groups excluding carboxylic acids is 2. The Morgan fingerprint density at radius 1 is 1.45 bits per heavy atom. The molecular weight excluding hydrogens is 288 g/mol. The van der Waals surface area contributed by atoms with E-state index in [9.17, 15) is 19.7 Å². The first-order valence-corrected chi connectivity index (χ1v) is 6.81. The van der Waals surface area contributed by atoms with Crippen molar-refractivity contribution in [1.82, 2.24) is 10.6 Å². The van der Waals surface area contributed by atoms with Crippen molar-refractivity contribution >= 4 is 23.3 Å². The van der Waals surface area contributed by atoms with E-state index in [1.54, 1.807) is 13.0 Å². The highest BCUT2D eigenvalue weighted by atomic mass is 16.6. The Balaban J connectivity index is 2.12. The van der Waals surface area contributed by atoms with Gasteiger partial charge in [0.05, 0.1) is 16.2 Å². The van der Waals surface area contributed by atoms with E-state index in [0.717, 1.165) is 0 Å². The van der Waals surface area contributed by atoms with Gasteiger partial charge >= 0.3 is 6.03 Å². The number of urea groups is 1. The second-order valence-electron chi connectivity index (χ2n) is 5.94. The van der Waals surface area contributed by atoms with Gasteiger partial charge in [-0.25, -0.2) is 4.79 Å². The van der Waals surface area contributed by atoms with Crippen molar-refractivity contribution in [2.75, 3.05) is 11.9 Å². The molecule has 1 aliphatic heterocycles. The van der Waals surface area contributed by atoms with E-state index in [-0.39, 0.29) is 11.6 Å². The predicted molar refractivity (Wildman–Crippen MR) is 80.6 cm³/mol. The molecule has 2 rings (SSSR count). The van der Waals surface area contributed by atoms with Crippen molar-refractivity contribution < 1.29 is 14.5 Å². The van der Waals surface area contributed by atoms with Crippen LogP contribution >= 0.6 is 0 Å². The summed E-state index contributed by atoms with van der Waals surface area (Å²) in [5.74, 6) is -0.240. The molecule has 0 aromatic heterocycles. The SMILES string of the molecule is Cc1c(NC(=O)NC2C(=O)NCC2(C)C)cccc1[N+](=O)[O-]. The third-order valence-electron chi connectivity index (χ3n) is 3.79. The molecule has 1 heterocycles. The van der Waals surface area contributed by atoms with Crippen LogP contribution in [0.5, 0.6) is 0 Å². The molecule has 0 spiro atoms. The lowest BCUT2D eigenvalue weighted by Crippen LogP contribution is -2.48. The third kappa shape index (κ3) is 3.00. The fourth-order valence-corrected chi connectivity index (χ4v) is 2.38.